The summed E-state index contributed by atoms with van der Waals surface area (Å²) in [5, 5.41) is 17.4. The van der Waals surface area contributed by atoms with Crippen LogP contribution in [0.4, 0.5) is 8.78 Å². The zero-order valence-corrected chi connectivity index (χ0v) is 24.2. The summed E-state index contributed by atoms with van der Waals surface area (Å²) in [6.07, 6.45) is 7.73. The highest BCUT2D eigenvalue weighted by Gasteiger charge is 2.32. The number of hydrogen-bond acceptors (Lipinski definition) is 5. The van der Waals surface area contributed by atoms with Crippen LogP contribution in [0.1, 0.15) is 64.4 Å². The number of hydrogen-bond donors (Lipinski definition) is 3. The van der Waals surface area contributed by atoms with Crippen LogP contribution in [0.3, 0.4) is 0 Å². The quantitative estimate of drug-likeness (QED) is 0.232. The largest absolute Gasteiger partial charge is 0.390 e. The third kappa shape index (κ3) is 10.7. The molecule has 9 heteroatoms. The molecule has 0 bridgehead atoms. The second-order valence-electron chi connectivity index (χ2n) is 10.9. The van der Waals surface area contributed by atoms with Gasteiger partial charge in [-0.2, -0.15) is 0 Å². The molecule has 1 aliphatic rings. The van der Waals surface area contributed by atoms with Crippen LogP contribution in [0.25, 0.3) is 0 Å². The Morgan fingerprint density at radius 2 is 1.90 bits per heavy atom. The highest BCUT2D eigenvalue weighted by Crippen LogP contribution is 2.22. The number of unbranched alkanes of at least 4 members (excludes halogenated alkanes) is 1. The van der Waals surface area contributed by atoms with Gasteiger partial charge in [0.05, 0.1) is 24.9 Å². The third-order valence-corrected chi connectivity index (χ3v) is 7.54. The van der Waals surface area contributed by atoms with Crippen LogP contribution < -0.4 is 10.6 Å². The van der Waals surface area contributed by atoms with Crippen molar-refractivity contribution in [1.82, 2.24) is 15.5 Å². The van der Waals surface area contributed by atoms with Crippen molar-refractivity contribution in [2.75, 3.05) is 20.2 Å². The van der Waals surface area contributed by atoms with E-state index in [1.165, 1.54) is 17.0 Å². The van der Waals surface area contributed by atoms with Gasteiger partial charge in [0.15, 0.2) is 0 Å². The van der Waals surface area contributed by atoms with Crippen molar-refractivity contribution < 1.29 is 28.2 Å². The van der Waals surface area contributed by atoms with Crippen molar-refractivity contribution >= 4 is 11.8 Å². The Balaban J connectivity index is 2.15. The fourth-order valence-electron chi connectivity index (χ4n) is 5.19. The molecule has 1 aromatic rings. The Hall–Kier alpha value is -2.62. The molecule has 1 saturated carbocycles. The summed E-state index contributed by atoms with van der Waals surface area (Å²) in [6.45, 7) is 12.0. The van der Waals surface area contributed by atoms with Crippen molar-refractivity contribution in [3.8, 4) is 0 Å². The van der Waals surface area contributed by atoms with Crippen LogP contribution >= 0.6 is 0 Å². The second kappa shape index (κ2) is 17.3. The summed E-state index contributed by atoms with van der Waals surface area (Å²) in [5.41, 5.74) is 0.304. The Kier molecular flexibility index (Phi) is 14.5. The minimum Gasteiger partial charge on any atom is -0.390 e. The lowest BCUT2D eigenvalue weighted by atomic mass is 9.98. The first-order valence-corrected chi connectivity index (χ1v) is 14.4. The van der Waals surface area contributed by atoms with Gasteiger partial charge in [0.25, 0.3) is 0 Å². The predicted octanol–water partition coefficient (Wildman–Crippen LogP) is 4.30. The number of likely N-dealkylation sites (N-methyl/N-ethyl adjacent to an activating group) is 1. The molecule has 6 atom stereocenters. The molecule has 0 saturated heterocycles. The number of aliphatic hydroxyl groups excluding tert-OH is 1. The maximum absolute atomic E-state index is 13.9. The van der Waals surface area contributed by atoms with Crippen molar-refractivity contribution in [3.05, 3.63) is 60.7 Å². The van der Waals surface area contributed by atoms with E-state index < -0.39 is 35.7 Å². The van der Waals surface area contributed by atoms with Crippen LogP contribution in [0.15, 0.2) is 43.5 Å². The maximum Gasteiger partial charge on any atom is 0.243 e. The number of nitrogens with zero attached hydrogens (tertiary/aromatic N) is 1. The van der Waals surface area contributed by atoms with E-state index in [0.717, 1.165) is 44.6 Å². The van der Waals surface area contributed by atoms with Gasteiger partial charge in [0.1, 0.15) is 17.7 Å². The number of benzene rings is 1. The average molecular weight is 564 g/mol. The van der Waals surface area contributed by atoms with Gasteiger partial charge in [-0.1, -0.05) is 38.8 Å². The van der Waals surface area contributed by atoms with Crippen molar-refractivity contribution in [2.45, 2.75) is 95.5 Å². The number of rotatable bonds is 18. The van der Waals surface area contributed by atoms with Gasteiger partial charge in [-0.15, -0.1) is 13.2 Å². The van der Waals surface area contributed by atoms with E-state index in [9.17, 15) is 23.5 Å². The summed E-state index contributed by atoms with van der Waals surface area (Å²) in [7, 11) is 1.60. The summed E-state index contributed by atoms with van der Waals surface area (Å²) in [5.74, 6) is -2.31. The van der Waals surface area contributed by atoms with Gasteiger partial charge < -0.3 is 25.4 Å². The fraction of sp³-hybridized carbons (Fsp3) is 0.613. The third-order valence-electron chi connectivity index (χ3n) is 7.54. The monoisotopic (exact) mass is 563 g/mol. The number of nitrogens with one attached hydrogen (secondary N) is 2. The molecule has 2 rings (SSSR count). The smallest absolute Gasteiger partial charge is 0.243 e. The molecule has 0 aliphatic heterocycles. The predicted molar refractivity (Wildman–Crippen MR) is 154 cm³/mol. The molecule has 1 aliphatic carbocycles. The number of aliphatic hydroxyl groups is 1. The van der Waals surface area contributed by atoms with Crippen molar-refractivity contribution in [3.63, 3.8) is 0 Å². The first kappa shape index (κ1) is 33.6. The van der Waals surface area contributed by atoms with Crippen molar-refractivity contribution in [2.24, 2.45) is 5.92 Å². The highest BCUT2D eigenvalue weighted by atomic mass is 19.1. The molecular weight excluding hydrogens is 516 g/mol. The van der Waals surface area contributed by atoms with Gasteiger partial charge in [0.2, 0.25) is 11.8 Å². The lowest BCUT2D eigenvalue weighted by molar-refractivity contribution is -0.142. The van der Waals surface area contributed by atoms with Gasteiger partial charge in [-0.05, 0) is 56.2 Å². The minimum atomic E-state index is -1.06. The highest BCUT2D eigenvalue weighted by molar-refractivity contribution is 5.88. The molecule has 0 aromatic heterocycles. The van der Waals surface area contributed by atoms with Crippen LogP contribution in [0, 0.1) is 17.6 Å². The standard InChI is InChI=1S/C31H47F2N3O4/c1-6-9-11-21(4)31(39)36(5)28(10-7-2)30(38)35-27(17-22-15-23(32)18-24(33)16-22)29(37)20-34-25-12-13-26(19-25)40-14-8-3/h7-8,15-16,18,21,25-29,34,37H,2-3,6,9-14,17,19-20H2,1,4-5H3,(H,35,38)/t21?,25-,26+,27+,28?,29-/m1/s1. The molecule has 2 unspecified atom stereocenters. The normalized spacial score (nSPS) is 19.9. The Labute approximate surface area is 238 Å². The van der Waals surface area contributed by atoms with E-state index in [1.807, 2.05) is 6.92 Å². The Morgan fingerprint density at radius 1 is 1.20 bits per heavy atom. The lowest BCUT2D eigenvalue weighted by Crippen LogP contribution is -2.55. The van der Waals surface area contributed by atoms with Gasteiger partial charge >= 0.3 is 0 Å². The zero-order valence-electron chi connectivity index (χ0n) is 24.2. The summed E-state index contributed by atoms with van der Waals surface area (Å²) in [6, 6.07) is 1.59. The minimum absolute atomic E-state index is 0.00434. The first-order chi connectivity index (χ1) is 19.1. The number of carbonyl (C=O) groups excluding carboxylic acids is 2. The molecule has 3 N–H and O–H groups in total. The van der Waals surface area contributed by atoms with E-state index in [-0.39, 0.29) is 43.4 Å². The van der Waals surface area contributed by atoms with Gasteiger partial charge in [-0.25, -0.2) is 8.78 Å². The van der Waals surface area contributed by atoms with Crippen LogP contribution in [-0.4, -0.2) is 72.4 Å². The number of halogens is 2. The van der Waals surface area contributed by atoms with Crippen molar-refractivity contribution in [1.29, 1.82) is 0 Å². The number of carbonyl (C=O) groups is 2. The molecule has 2 amide bonds. The Morgan fingerprint density at radius 3 is 2.52 bits per heavy atom. The van der Waals surface area contributed by atoms with Gasteiger partial charge in [0, 0.05) is 31.6 Å². The molecule has 0 heterocycles. The van der Waals surface area contributed by atoms with E-state index >= 15 is 0 Å². The van der Waals surface area contributed by atoms with Crippen LogP contribution in [-0.2, 0) is 20.7 Å². The summed E-state index contributed by atoms with van der Waals surface area (Å²) < 4.78 is 33.6. The van der Waals surface area contributed by atoms with Crippen LogP contribution in [0.5, 0.6) is 0 Å². The molecule has 7 nitrogen and oxygen atoms in total. The zero-order chi connectivity index (χ0) is 29.7. The SMILES string of the molecule is C=CCO[C@H]1CC[C@@H](NC[C@@H](O)[C@H](Cc2cc(F)cc(F)c2)NC(=O)C(CC=C)N(C)C(=O)C(C)CCCC)C1. The van der Waals surface area contributed by atoms with E-state index in [2.05, 4.69) is 30.7 Å². The molecule has 224 valence electrons. The second-order valence-corrected chi connectivity index (χ2v) is 10.9. The van der Waals surface area contributed by atoms with E-state index in [4.69, 9.17) is 4.74 Å². The number of amides is 2. The van der Waals surface area contributed by atoms with E-state index in [1.54, 1.807) is 19.2 Å². The van der Waals surface area contributed by atoms with E-state index in [0.29, 0.717) is 12.2 Å². The molecule has 1 aromatic carbocycles. The number of ether oxygens (including phenoxy) is 1. The molecule has 40 heavy (non-hydrogen) atoms. The maximum atomic E-state index is 13.9. The summed E-state index contributed by atoms with van der Waals surface area (Å²) in [4.78, 5) is 28.0. The summed E-state index contributed by atoms with van der Waals surface area (Å²) >= 11 is 0. The lowest BCUT2D eigenvalue weighted by Gasteiger charge is -2.32. The average Bonchev–Trinajstić information content (AvgIpc) is 3.38. The molecular formula is C31H47F2N3O4. The first-order valence-electron chi connectivity index (χ1n) is 14.4. The topological polar surface area (TPSA) is 90.9 Å². The fourth-order valence-corrected chi connectivity index (χ4v) is 5.19. The van der Waals surface area contributed by atoms with Gasteiger partial charge in [-0.3, -0.25) is 9.59 Å². The Bertz CT molecular complexity index is 956. The molecule has 0 spiro atoms. The molecule has 0 radical (unpaired) electrons. The van der Waals surface area contributed by atoms with Crippen LogP contribution in [0.2, 0.25) is 0 Å². The molecule has 1 fully saturated rings.